The second-order valence-electron chi connectivity index (χ2n) is 5.95. The monoisotopic (exact) mass is 276 g/mol. The molecule has 4 heteroatoms. The van der Waals surface area contributed by atoms with Crippen molar-refractivity contribution in [3.05, 3.63) is 29.8 Å². The molecule has 1 heterocycles. The van der Waals surface area contributed by atoms with Gasteiger partial charge < -0.3 is 15.6 Å². The zero-order valence-corrected chi connectivity index (χ0v) is 11.9. The Hall–Kier alpha value is -1.10. The van der Waals surface area contributed by atoms with Gasteiger partial charge in [-0.25, -0.2) is 0 Å². The highest BCUT2D eigenvalue weighted by Crippen LogP contribution is 2.37. The lowest BCUT2D eigenvalue weighted by Crippen LogP contribution is -2.32. The van der Waals surface area contributed by atoms with E-state index in [2.05, 4.69) is 4.90 Å². The molecule has 3 rings (SSSR count). The van der Waals surface area contributed by atoms with Gasteiger partial charge in [0.25, 0.3) is 0 Å². The molecular weight excluding hydrogens is 252 g/mol. The molecule has 2 aliphatic rings. The fraction of sp³-hybridized carbons (Fsp3) is 0.625. The van der Waals surface area contributed by atoms with Crippen LogP contribution < -0.4 is 10.5 Å². The van der Waals surface area contributed by atoms with Crippen molar-refractivity contribution in [2.75, 3.05) is 19.7 Å². The Bertz CT molecular complexity index is 435. The van der Waals surface area contributed by atoms with Gasteiger partial charge >= 0.3 is 0 Å². The van der Waals surface area contributed by atoms with E-state index in [4.69, 9.17) is 15.6 Å². The lowest BCUT2D eigenvalue weighted by Gasteiger charge is -2.29. The molecule has 2 bridgehead atoms. The smallest absolute Gasteiger partial charge is 0.119 e. The zero-order chi connectivity index (χ0) is 13.9. The van der Waals surface area contributed by atoms with Crippen molar-refractivity contribution in [3.63, 3.8) is 0 Å². The zero-order valence-electron chi connectivity index (χ0n) is 11.9. The topological polar surface area (TPSA) is 58.7 Å². The minimum atomic E-state index is 0.259. The number of aliphatic hydroxyl groups is 1. The molecule has 1 aliphatic heterocycles. The van der Waals surface area contributed by atoms with Gasteiger partial charge in [-0.2, -0.15) is 0 Å². The third kappa shape index (κ3) is 2.82. The predicted molar refractivity (Wildman–Crippen MR) is 78.5 cm³/mol. The molecule has 3 atom stereocenters. The highest BCUT2D eigenvalue weighted by Gasteiger charge is 2.41. The molecule has 0 radical (unpaired) electrons. The number of likely N-dealkylation sites (tertiary alicyclic amines) is 1. The van der Waals surface area contributed by atoms with Crippen molar-refractivity contribution < 1.29 is 9.84 Å². The molecule has 3 N–H and O–H groups in total. The second-order valence-corrected chi connectivity index (χ2v) is 5.95. The van der Waals surface area contributed by atoms with E-state index in [9.17, 15) is 0 Å². The van der Waals surface area contributed by atoms with Crippen LogP contribution in [-0.4, -0.2) is 41.8 Å². The van der Waals surface area contributed by atoms with E-state index in [1.165, 1.54) is 12.8 Å². The Morgan fingerprint density at radius 2 is 2.05 bits per heavy atom. The van der Waals surface area contributed by atoms with E-state index in [1.54, 1.807) is 0 Å². The third-order valence-electron chi connectivity index (χ3n) is 4.70. The first-order valence-electron chi connectivity index (χ1n) is 7.60. The quantitative estimate of drug-likeness (QED) is 0.853. The van der Waals surface area contributed by atoms with Crippen LogP contribution in [0.5, 0.6) is 5.75 Å². The average Bonchev–Trinajstić information content (AvgIpc) is 2.81. The van der Waals surface area contributed by atoms with Crippen molar-refractivity contribution in [1.82, 2.24) is 4.90 Å². The summed E-state index contributed by atoms with van der Waals surface area (Å²) in [6.45, 7) is 2.70. The summed E-state index contributed by atoms with van der Waals surface area (Å²) < 4.78 is 6.18. The number of rotatable bonds is 5. The molecule has 1 aromatic rings. The van der Waals surface area contributed by atoms with Gasteiger partial charge in [0.15, 0.2) is 0 Å². The van der Waals surface area contributed by atoms with Gasteiger partial charge in [0.2, 0.25) is 0 Å². The number of β-amino-alcohol motifs (C(OH)–C–C–N with tert-alkyl or cyclic N) is 1. The molecule has 0 amide bonds. The number of ether oxygens (including phenoxy) is 1. The summed E-state index contributed by atoms with van der Waals surface area (Å²) in [6.07, 6.45) is 3.84. The SMILES string of the molecule is NCc1ccc(OC2CCC3CC2CN3CCO)cc1. The molecule has 3 unspecified atom stereocenters. The Labute approximate surface area is 120 Å². The predicted octanol–water partition coefficient (Wildman–Crippen LogP) is 1.37. The number of nitrogens with two attached hydrogens (primary N) is 1. The molecule has 4 nitrogen and oxygen atoms in total. The largest absolute Gasteiger partial charge is 0.490 e. The van der Waals surface area contributed by atoms with Crippen LogP contribution in [0.1, 0.15) is 24.8 Å². The molecule has 0 aromatic heterocycles. The maximum absolute atomic E-state index is 9.11. The van der Waals surface area contributed by atoms with E-state index in [0.717, 1.165) is 30.8 Å². The summed E-state index contributed by atoms with van der Waals surface area (Å²) in [5.74, 6) is 1.56. The van der Waals surface area contributed by atoms with Crippen LogP contribution in [0.4, 0.5) is 0 Å². The number of aliphatic hydroxyl groups excluding tert-OH is 1. The van der Waals surface area contributed by atoms with Gasteiger partial charge in [0.1, 0.15) is 11.9 Å². The van der Waals surface area contributed by atoms with Gasteiger partial charge in [-0.15, -0.1) is 0 Å². The van der Waals surface area contributed by atoms with Crippen LogP contribution in [0.2, 0.25) is 0 Å². The fourth-order valence-electron chi connectivity index (χ4n) is 3.62. The molecule has 1 aliphatic carbocycles. The van der Waals surface area contributed by atoms with Gasteiger partial charge in [-0.05, 0) is 37.0 Å². The highest BCUT2D eigenvalue weighted by molar-refractivity contribution is 5.27. The number of hydrogen-bond acceptors (Lipinski definition) is 4. The number of benzene rings is 1. The molecule has 1 saturated carbocycles. The van der Waals surface area contributed by atoms with E-state index in [0.29, 0.717) is 24.6 Å². The summed E-state index contributed by atoms with van der Waals surface area (Å²) in [7, 11) is 0. The van der Waals surface area contributed by atoms with Crippen LogP contribution in [0.15, 0.2) is 24.3 Å². The third-order valence-corrected chi connectivity index (χ3v) is 4.70. The molecule has 2 fully saturated rings. The number of nitrogens with zero attached hydrogens (tertiary/aromatic N) is 1. The van der Waals surface area contributed by atoms with Crippen molar-refractivity contribution in [2.24, 2.45) is 11.7 Å². The normalized spacial score (nSPS) is 29.6. The average molecular weight is 276 g/mol. The van der Waals surface area contributed by atoms with E-state index in [1.807, 2.05) is 24.3 Å². The lowest BCUT2D eigenvalue weighted by molar-refractivity contribution is 0.113. The Morgan fingerprint density at radius 3 is 2.75 bits per heavy atom. The molecule has 110 valence electrons. The summed E-state index contributed by atoms with van der Waals surface area (Å²) in [6, 6.07) is 8.77. The number of hydrogen-bond donors (Lipinski definition) is 2. The van der Waals surface area contributed by atoms with Gasteiger partial charge in [-0.1, -0.05) is 12.1 Å². The van der Waals surface area contributed by atoms with Gasteiger partial charge in [0, 0.05) is 31.6 Å². The molecule has 0 spiro atoms. The van der Waals surface area contributed by atoms with E-state index in [-0.39, 0.29) is 6.61 Å². The molecule has 1 saturated heterocycles. The fourth-order valence-corrected chi connectivity index (χ4v) is 3.62. The first-order chi connectivity index (χ1) is 9.80. The summed E-state index contributed by atoms with van der Waals surface area (Å²) in [4.78, 5) is 2.42. The Morgan fingerprint density at radius 1 is 1.25 bits per heavy atom. The molecule has 1 aromatic carbocycles. The first-order valence-corrected chi connectivity index (χ1v) is 7.60. The van der Waals surface area contributed by atoms with Crippen molar-refractivity contribution in [1.29, 1.82) is 0 Å². The van der Waals surface area contributed by atoms with Crippen molar-refractivity contribution in [2.45, 2.75) is 38.0 Å². The van der Waals surface area contributed by atoms with E-state index < -0.39 is 0 Å². The summed E-state index contributed by atoms with van der Waals surface area (Å²) in [5, 5.41) is 9.11. The second kappa shape index (κ2) is 6.12. The Kier molecular flexibility index (Phi) is 4.24. The van der Waals surface area contributed by atoms with Crippen LogP contribution in [0.3, 0.4) is 0 Å². The number of fused-ring (bicyclic) bond motifs is 2. The highest BCUT2D eigenvalue weighted by atomic mass is 16.5. The van der Waals surface area contributed by atoms with Crippen LogP contribution >= 0.6 is 0 Å². The van der Waals surface area contributed by atoms with Crippen LogP contribution in [0, 0.1) is 5.92 Å². The van der Waals surface area contributed by atoms with Crippen LogP contribution in [0.25, 0.3) is 0 Å². The maximum Gasteiger partial charge on any atom is 0.119 e. The summed E-state index contributed by atoms with van der Waals surface area (Å²) in [5.41, 5.74) is 6.75. The van der Waals surface area contributed by atoms with Gasteiger partial charge in [-0.3, -0.25) is 4.90 Å². The van der Waals surface area contributed by atoms with Crippen molar-refractivity contribution >= 4 is 0 Å². The maximum atomic E-state index is 9.11. The standard InChI is InChI=1S/C16H24N2O2/c17-10-12-1-4-15(5-2-12)20-16-6-3-14-9-13(16)11-18(14)7-8-19/h1-2,4-5,13-14,16,19H,3,6-11,17H2. The van der Waals surface area contributed by atoms with E-state index >= 15 is 0 Å². The van der Waals surface area contributed by atoms with Crippen molar-refractivity contribution in [3.8, 4) is 5.75 Å². The minimum Gasteiger partial charge on any atom is -0.490 e. The van der Waals surface area contributed by atoms with Gasteiger partial charge in [0.05, 0.1) is 6.61 Å². The Balaban J connectivity index is 1.61. The van der Waals surface area contributed by atoms with Crippen LogP contribution in [-0.2, 0) is 6.54 Å². The first kappa shape index (κ1) is 13.9. The summed E-state index contributed by atoms with van der Waals surface area (Å²) >= 11 is 0. The molecular formula is C16H24N2O2. The minimum absolute atomic E-state index is 0.259. The molecule has 20 heavy (non-hydrogen) atoms. The lowest BCUT2D eigenvalue weighted by atomic mass is 9.87.